The van der Waals surface area contributed by atoms with Gasteiger partial charge in [-0.05, 0) is 39.0 Å². The van der Waals surface area contributed by atoms with E-state index in [0.29, 0.717) is 28.3 Å². The number of ether oxygens (including phenoxy) is 1. The molecule has 0 saturated carbocycles. The van der Waals surface area contributed by atoms with E-state index in [1.54, 1.807) is 29.6 Å². The van der Waals surface area contributed by atoms with Gasteiger partial charge < -0.3 is 10.1 Å². The van der Waals surface area contributed by atoms with Crippen LogP contribution in [0.5, 0.6) is 0 Å². The molecular formula is C19H18N6O3. The van der Waals surface area contributed by atoms with E-state index in [2.05, 4.69) is 20.4 Å². The number of nitriles is 1. The maximum Gasteiger partial charge on any atom is 0.311 e. The van der Waals surface area contributed by atoms with Crippen molar-refractivity contribution in [3.05, 3.63) is 53.1 Å². The number of anilines is 1. The molecule has 0 saturated heterocycles. The Morgan fingerprint density at radius 1 is 1.36 bits per heavy atom. The van der Waals surface area contributed by atoms with E-state index in [-0.39, 0.29) is 6.42 Å². The van der Waals surface area contributed by atoms with Crippen LogP contribution >= 0.6 is 0 Å². The van der Waals surface area contributed by atoms with Crippen molar-refractivity contribution in [3.8, 4) is 6.07 Å². The summed E-state index contributed by atoms with van der Waals surface area (Å²) in [6.45, 7) is 5.08. The predicted molar refractivity (Wildman–Crippen MR) is 99.3 cm³/mol. The van der Waals surface area contributed by atoms with Crippen LogP contribution in [0.2, 0.25) is 0 Å². The summed E-state index contributed by atoms with van der Waals surface area (Å²) in [5.41, 5.74) is 2.95. The number of carbonyl (C=O) groups excluding carboxylic acids is 2. The third-order valence-corrected chi connectivity index (χ3v) is 4.25. The van der Waals surface area contributed by atoms with E-state index < -0.39 is 18.0 Å². The van der Waals surface area contributed by atoms with Crippen LogP contribution in [0.4, 0.5) is 5.69 Å². The summed E-state index contributed by atoms with van der Waals surface area (Å²) in [6.07, 6.45) is 0.356. The average molecular weight is 378 g/mol. The molecule has 1 atom stereocenters. The monoisotopic (exact) mass is 378 g/mol. The SMILES string of the molecule is Cc1nc2ncnn2c(C)c1CC(=O)O[C@@H](C)C(=O)Nc1cccc(C#N)c1. The topological polar surface area (TPSA) is 122 Å². The molecule has 1 N–H and O–H groups in total. The molecule has 0 fully saturated rings. The molecule has 0 bridgehead atoms. The minimum absolute atomic E-state index is 0.0397. The molecule has 2 aromatic heterocycles. The van der Waals surface area contributed by atoms with Crippen LogP contribution in [-0.2, 0) is 20.7 Å². The van der Waals surface area contributed by atoms with Crippen molar-refractivity contribution in [1.29, 1.82) is 5.26 Å². The van der Waals surface area contributed by atoms with Crippen LogP contribution in [-0.4, -0.2) is 37.6 Å². The van der Waals surface area contributed by atoms with Gasteiger partial charge >= 0.3 is 5.97 Å². The fraction of sp³-hybridized carbons (Fsp3) is 0.263. The lowest BCUT2D eigenvalue weighted by Crippen LogP contribution is -2.30. The van der Waals surface area contributed by atoms with Gasteiger partial charge in [-0.15, -0.1) is 0 Å². The predicted octanol–water partition coefficient (Wildman–Crippen LogP) is 1.73. The maximum absolute atomic E-state index is 12.3. The third kappa shape index (κ3) is 3.96. The minimum atomic E-state index is -0.998. The molecular weight excluding hydrogens is 360 g/mol. The van der Waals surface area contributed by atoms with Gasteiger partial charge in [-0.2, -0.15) is 15.3 Å². The molecule has 0 spiro atoms. The molecule has 142 valence electrons. The molecule has 0 radical (unpaired) electrons. The highest BCUT2D eigenvalue weighted by atomic mass is 16.5. The van der Waals surface area contributed by atoms with Gasteiger partial charge in [0.1, 0.15) is 6.33 Å². The van der Waals surface area contributed by atoms with E-state index in [4.69, 9.17) is 10.00 Å². The number of rotatable bonds is 5. The Morgan fingerprint density at radius 2 is 2.14 bits per heavy atom. The number of amides is 1. The summed E-state index contributed by atoms with van der Waals surface area (Å²) < 4.78 is 6.81. The van der Waals surface area contributed by atoms with Gasteiger partial charge in [0.05, 0.1) is 18.1 Å². The Bertz CT molecular complexity index is 1100. The number of nitrogens with zero attached hydrogens (tertiary/aromatic N) is 5. The number of esters is 1. The van der Waals surface area contributed by atoms with Crippen molar-refractivity contribution in [2.24, 2.45) is 0 Å². The first-order chi connectivity index (χ1) is 13.4. The highest BCUT2D eigenvalue weighted by Gasteiger charge is 2.21. The molecule has 1 amide bonds. The van der Waals surface area contributed by atoms with Crippen molar-refractivity contribution < 1.29 is 14.3 Å². The van der Waals surface area contributed by atoms with E-state index in [9.17, 15) is 9.59 Å². The molecule has 2 heterocycles. The summed E-state index contributed by atoms with van der Waals surface area (Å²) in [5, 5.41) is 15.6. The zero-order valence-corrected chi connectivity index (χ0v) is 15.6. The largest absolute Gasteiger partial charge is 0.452 e. The minimum Gasteiger partial charge on any atom is -0.452 e. The van der Waals surface area contributed by atoms with Gasteiger partial charge in [0.2, 0.25) is 0 Å². The average Bonchev–Trinajstić information content (AvgIpc) is 3.13. The number of carbonyl (C=O) groups is 2. The first kappa shape index (κ1) is 19.0. The lowest BCUT2D eigenvalue weighted by molar-refractivity contribution is -0.152. The van der Waals surface area contributed by atoms with Crippen LogP contribution in [0.1, 0.15) is 29.4 Å². The molecule has 1 aromatic carbocycles. The van der Waals surface area contributed by atoms with Crippen molar-refractivity contribution >= 4 is 23.3 Å². The Labute approximate surface area is 161 Å². The Morgan fingerprint density at radius 3 is 2.89 bits per heavy atom. The summed E-state index contributed by atoms with van der Waals surface area (Å²) in [4.78, 5) is 33.0. The smallest absolute Gasteiger partial charge is 0.311 e. The van der Waals surface area contributed by atoms with Gasteiger partial charge in [0.25, 0.3) is 11.7 Å². The maximum atomic E-state index is 12.3. The van der Waals surface area contributed by atoms with Crippen molar-refractivity contribution in [1.82, 2.24) is 19.6 Å². The lowest BCUT2D eigenvalue weighted by atomic mass is 10.1. The quantitative estimate of drug-likeness (QED) is 0.671. The van der Waals surface area contributed by atoms with Gasteiger partial charge in [0.15, 0.2) is 6.10 Å². The standard InChI is InChI=1S/C19H18N6O3/c1-11-16(12(2)25-19(23-11)21-10-22-25)8-17(26)28-13(3)18(27)24-15-6-4-5-14(7-15)9-20/h4-7,10,13H,8H2,1-3H3,(H,24,27)/t13-/m0/s1. The number of aromatic nitrogens is 4. The molecule has 9 heteroatoms. The number of hydrogen-bond donors (Lipinski definition) is 1. The molecule has 9 nitrogen and oxygen atoms in total. The molecule has 0 aliphatic rings. The second kappa shape index (κ2) is 7.84. The van der Waals surface area contributed by atoms with Crippen LogP contribution in [0.3, 0.4) is 0 Å². The number of hydrogen-bond acceptors (Lipinski definition) is 7. The van der Waals surface area contributed by atoms with Crippen molar-refractivity contribution in [2.75, 3.05) is 5.32 Å². The number of nitrogens with one attached hydrogen (secondary N) is 1. The molecule has 0 aliphatic carbocycles. The van der Waals surface area contributed by atoms with E-state index in [0.717, 1.165) is 5.69 Å². The Hall–Kier alpha value is -3.80. The second-order valence-corrected chi connectivity index (χ2v) is 6.22. The van der Waals surface area contributed by atoms with Gasteiger partial charge in [-0.1, -0.05) is 6.07 Å². The van der Waals surface area contributed by atoms with Crippen molar-refractivity contribution in [3.63, 3.8) is 0 Å². The summed E-state index contributed by atoms with van der Waals surface area (Å²) in [7, 11) is 0. The second-order valence-electron chi connectivity index (χ2n) is 6.22. The van der Waals surface area contributed by atoms with Gasteiger partial charge in [-0.25, -0.2) is 9.50 Å². The Kier molecular flexibility index (Phi) is 5.31. The zero-order chi connectivity index (χ0) is 20.3. The molecule has 28 heavy (non-hydrogen) atoms. The fourth-order valence-corrected chi connectivity index (χ4v) is 2.76. The van der Waals surface area contributed by atoms with Gasteiger partial charge in [0, 0.05) is 22.6 Å². The number of benzene rings is 1. The Balaban J connectivity index is 1.66. The number of fused-ring (bicyclic) bond motifs is 1. The zero-order valence-electron chi connectivity index (χ0n) is 15.6. The van der Waals surface area contributed by atoms with E-state index in [1.807, 2.05) is 13.0 Å². The highest BCUT2D eigenvalue weighted by Crippen LogP contribution is 2.15. The van der Waals surface area contributed by atoms with Crippen LogP contribution in [0, 0.1) is 25.2 Å². The first-order valence-electron chi connectivity index (χ1n) is 8.55. The lowest BCUT2D eigenvalue weighted by Gasteiger charge is -2.15. The third-order valence-electron chi connectivity index (χ3n) is 4.25. The first-order valence-corrected chi connectivity index (χ1v) is 8.55. The molecule has 0 aliphatic heterocycles. The molecule has 3 aromatic rings. The molecule has 3 rings (SSSR count). The molecule has 0 unspecified atom stereocenters. The van der Waals surface area contributed by atoms with Crippen LogP contribution in [0.25, 0.3) is 5.78 Å². The highest BCUT2D eigenvalue weighted by molar-refractivity contribution is 5.95. The normalized spacial score (nSPS) is 11.6. The van der Waals surface area contributed by atoms with Crippen molar-refractivity contribution in [2.45, 2.75) is 33.3 Å². The van der Waals surface area contributed by atoms with Gasteiger partial charge in [-0.3, -0.25) is 9.59 Å². The summed E-state index contributed by atoms with van der Waals surface area (Å²) in [5.74, 6) is -0.581. The van der Waals surface area contributed by atoms with E-state index in [1.165, 1.54) is 19.3 Å². The van der Waals surface area contributed by atoms with Crippen LogP contribution in [0.15, 0.2) is 30.6 Å². The van der Waals surface area contributed by atoms with E-state index >= 15 is 0 Å². The summed E-state index contributed by atoms with van der Waals surface area (Å²) >= 11 is 0. The van der Waals surface area contributed by atoms with Crippen LogP contribution < -0.4 is 5.32 Å². The number of aryl methyl sites for hydroxylation is 2. The summed E-state index contributed by atoms with van der Waals surface area (Å²) in [6, 6.07) is 8.47. The fourth-order valence-electron chi connectivity index (χ4n) is 2.76.